The maximum atomic E-state index is 11.3. The Bertz CT molecular complexity index is 338. The van der Waals surface area contributed by atoms with E-state index in [4.69, 9.17) is 4.74 Å². The van der Waals surface area contributed by atoms with E-state index in [0.29, 0.717) is 26.0 Å². The summed E-state index contributed by atoms with van der Waals surface area (Å²) in [6, 6.07) is 9.56. The normalized spacial score (nSPS) is 9.65. The highest BCUT2D eigenvalue weighted by molar-refractivity contribution is 5.69. The molecule has 1 radical (unpaired) electrons. The van der Waals surface area contributed by atoms with Gasteiger partial charge in [-0.05, 0) is 18.4 Å². The third-order valence-electron chi connectivity index (χ3n) is 2.25. The lowest BCUT2D eigenvalue weighted by atomic mass is 10.2. The molecule has 0 aliphatic heterocycles. The summed E-state index contributed by atoms with van der Waals surface area (Å²) in [6.07, 6.45) is 3.44. The van der Waals surface area contributed by atoms with Crippen molar-refractivity contribution in [3.63, 3.8) is 0 Å². The third kappa shape index (κ3) is 6.35. The minimum atomic E-state index is -0.205. The average Bonchev–Trinajstić information content (AvgIpc) is 2.37. The van der Waals surface area contributed by atoms with Gasteiger partial charge in [-0.15, -0.1) is 0 Å². The van der Waals surface area contributed by atoms with Gasteiger partial charge < -0.3 is 10.1 Å². The van der Waals surface area contributed by atoms with E-state index in [-0.39, 0.29) is 5.97 Å². The number of benzene rings is 1. The number of unbranched alkanes of at least 4 members (excludes halogenated alkanes) is 1. The summed E-state index contributed by atoms with van der Waals surface area (Å²) in [6.45, 7) is 0.871. The van der Waals surface area contributed by atoms with Crippen molar-refractivity contribution in [2.24, 2.45) is 0 Å². The summed E-state index contributed by atoms with van der Waals surface area (Å²) in [4.78, 5) is 21.2. The quantitative estimate of drug-likeness (QED) is 0.422. The highest BCUT2D eigenvalue weighted by atomic mass is 16.5. The Labute approximate surface area is 101 Å². The molecule has 0 saturated carbocycles. The molecule has 0 heterocycles. The molecule has 0 aliphatic rings. The molecule has 0 saturated heterocycles. The second kappa shape index (κ2) is 8.33. The number of nitrogens with one attached hydrogen (secondary N) is 1. The molecule has 0 aliphatic carbocycles. The molecule has 4 nitrogen and oxygen atoms in total. The number of carbonyl (C=O) groups excluding carboxylic acids is 2. The van der Waals surface area contributed by atoms with Crippen LogP contribution in [0.5, 0.6) is 0 Å². The lowest BCUT2D eigenvalue weighted by molar-refractivity contribution is -0.145. The second-order valence-corrected chi connectivity index (χ2v) is 3.63. The fourth-order valence-corrected chi connectivity index (χ4v) is 1.34. The monoisotopic (exact) mass is 234 g/mol. The molecule has 0 atom stereocenters. The van der Waals surface area contributed by atoms with Gasteiger partial charge in [-0.2, -0.15) is 0 Å². The van der Waals surface area contributed by atoms with Crippen LogP contribution in [0.25, 0.3) is 0 Å². The number of ether oxygens (including phenoxy) is 1. The van der Waals surface area contributed by atoms with E-state index in [9.17, 15) is 9.59 Å². The first-order valence-corrected chi connectivity index (χ1v) is 5.62. The van der Waals surface area contributed by atoms with E-state index in [1.54, 1.807) is 6.41 Å². The molecule has 4 heteroatoms. The van der Waals surface area contributed by atoms with Crippen molar-refractivity contribution in [3.8, 4) is 0 Å². The van der Waals surface area contributed by atoms with Gasteiger partial charge >= 0.3 is 12.4 Å². The van der Waals surface area contributed by atoms with Crippen molar-refractivity contribution in [3.05, 3.63) is 35.9 Å². The number of amides is 1. The first-order valence-electron chi connectivity index (χ1n) is 5.62. The zero-order valence-corrected chi connectivity index (χ0v) is 9.65. The van der Waals surface area contributed by atoms with Crippen LogP contribution in [-0.2, 0) is 20.9 Å². The van der Waals surface area contributed by atoms with Gasteiger partial charge in [0, 0.05) is 13.0 Å². The topological polar surface area (TPSA) is 55.4 Å². The predicted octanol–water partition coefficient (Wildman–Crippen LogP) is 1.56. The Kier molecular flexibility index (Phi) is 6.48. The molecule has 1 aromatic carbocycles. The molecule has 1 N–H and O–H groups in total. The molecule has 1 rings (SSSR count). The van der Waals surface area contributed by atoms with Gasteiger partial charge in [-0.1, -0.05) is 30.3 Å². The molecule has 17 heavy (non-hydrogen) atoms. The van der Waals surface area contributed by atoms with Crippen LogP contribution in [-0.4, -0.2) is 18.9 Å². The van der Waals surface area contributed by atoms with Crippen molar-refractivity contribution in [1.82, 2.24) is 5.32 Å². The zero-order chi connectivity index (χ0) is 12.3. The van der Waals surface area contributed by atoms with E-state index in [0.717, 1.165) is 12.0 Å². The van der Waals surface area contributed by atoms with E-state index in [1.807, 2.05) is 30.3 Å². The smallest absolute Gasteiger partial charge is 0.309 e. The van der Waals surface area contributed by atoms with Crippen LogP contribution >= 0.6 is 0 Å². The number of hydrogen-bond donors (Lipinski definition) is 1. The summed E-state index contributed by atoms with van der Waals surface area (Å²) < 4.78 is 5.10. The Morgan fingerprint density at radius 2 is 2.00 bits per heavy atom. The van der Waals surface area contributed by atoms with Crippen molar-refractivity contribution in [1.29, 1.82) is 0 Å². The molecule has 0 bridgehead atoms. The van der Waals surface area contributed by atoms with Crippen molar-refractivity contribution >= 4 is 12.4 Å². The minimum absolute atomic E-state index is 0.205. The summed E-state index contributed by atoms with van der Waals surface area (Å²) in [5, 5.41) is 2.42. The number of esters is 1. The Hall–Kier alpha value is -1.84. The third-order valence-corrected chi connectivity index (χ3v) is 2.25. The Morgan fingerprint density at radius 1 is 1.24 bits per heavy atom. The largest absolute Gasteiger partial charge is 0.461 e. The van der Waals surface area contributed by atoms with Crippen LogP contribution < -0.4 is 5.32 Å². The molecular weight excluding hydrogens is 218 g/mol. The van der Waals surface area contributed by atoms with Gasteiger partial charge in [-0.3, -0.25) is 9.59 Å². The second-order valence-electron chi connectivity index (χ2n) is 3.63. The minimum Gasteiger partial charge on any atom is -0.461 e. The van der Waals surface area contributed by atoms with Gasteiger partial charge in [0.25, 0.3) is 0 Å². The van der Waals surface area contributed by atoms with Crippen molar-refractivity contribution in [2.45, 2.75) is 25.9 Å². The van der Waals surface area contributed by atoms with Crippen molar-refractivity contribution < 1.29 is 14.3 Å². The molecule has 1 amide bonds. The van der Waals surface area contributed by atoms with Gasteiger partial charge in [0.15, 0.2) is 0 Å². The summed E-state index contributed by atoms with van der Waals surface area (Å²) in [7, 11) is 0. The fourth-order valence-electron chi connectivity index (χ4n) is 1.34. The van der Waals surface area contributed by atoms with Crippen LogP contribution in [0.2, 0.25) is 0 Å². The fraction of sp³-hybridized carbons (Fsp3) is 0.385. The Balaban J connectivity index is 2.07. The highest BCUT2D eigenvalue weighted by Gasteiger charge is 2.02. The molecule has 91 valence electrons. The highest BCUT2D eigenvalue weighted by Crippen LogP contribution is 2.03. The first kappa shape index (κ1) is 13.2. The van der Waals surface area contributed by atoms with Gasteiger partial charge in [0.1, 0.15) is 6.61 Å². The van der Waals surface area contributed by atoms with Crippen LogP contribution in [0.15, 0.2) is 30.3 Å². The molecular formula is C13H16NO3. The molecule has 0 fully saturated rings. The van der Waals surface area contributed by atoms with E-state index in [2.05, 4.69) is 5.32 Å². The number of hydrogen-bond acceptors (Lipinski definition) is 3. The lowest BCUT2D eigenvalue weighted by Gasteiger charge is -2.04. The molecule has 0 aromatic heterocycles. The predicted molar refractivity (Wildman–Crippen MR) is 63.8 cm³/mol. The zero-order valence-electron chi connectivity index (χ0n) is 9.65. The van der Waals surface area contributed by atoms with E-state index in [1.165, 1.54) is 0 Å². The van der Waals surface area contributed by atoms with Crippen LogP contribution in [0.1, 0.15) is 24.8 Å². The maximum absolute atomic E-state index is 11.3. The molecule has 0 spiro atoms. The summed E-state index contributed by atoms with van der Waals surface area (Å²) >= 11 is 0. The molecule has 1 aromatic rings. The number of rotatable bonds is 8. The van der Waals surface area contributed by atoms with Gasteiger partial charge in [-0.25, -0.2) is 0 Å². The van der Waals surface area contributed by atoms with Gasteiger partial charge in [0.2, 0.25) is 0 Å². The number of carbonyl (C=O) groups is 1. The maximum Gasteiger partial charge on any atom is 0.309 e. The van der Waals surface area contributed by atoms with Crippen LogP contribution in [0, 0.1) is 0 Å². The standard InChI is InChI=1S/C13H16NO3/c15-11-14-9-5-4-8-13(16)17-10-12-6-2-1-3-7-12/h1-3,6-7H,4-5,8-10H2,(H,14,15). The summed E-state index contributed by atoms with van der Waals surface area (Å²) in [5.74, 6) is -0.205. The first-order chi connectivity index (χ1) is 8.33. The lowest BCUT2D eigenvalue weighted by Crippen LogP contribution is -2.12. The SMILES string of the molecule is O=[C]NCCCCC(=O)OCc1ccccc1. The molecule has 0 unspecified atom stereocenters. The van der Waals surface area contributed by atoms with Crippen molar-refractivity contribution in [2.75, 3.05) is 6.54 Å². The average molecular weight is 234 g/mol. The van der Waals surface area contributed by atoms with Crippen LogP contribution in [0.3, 0.4) is 0 Å². The Morgan fingerprint density at radius 3 is 2.71 bits per heavy atom. The van der Waals surface area contributed by atoms with E-state index >= 15 is 0 Å². The van der Waals surface area contributed by atoms with Gasteiger partial charge in [0.05, 0.1) is 0 Å². The van der Waals surface area contributed by atoms with Crippen LogP contribution in [0.4, 0.5) is 0 Å². The summed E-state index contributed by atoms with van der Waals surface area (Å²) in [5.41, 5.74) is 0.984. The van der Waals surface area contributed by atoms with E-state index < -0.39 is 0 Å².